The van der Waals surface area contributed by atoms with Crippen molar-refractivity contribution in [1.82, 2.24) is 4.90 Å². The van der Waals surface area contributed by atoms with E-state index >= 15 is 0 Å². The molecular formula is C17H21N. The van der Waals surface area contributed by atoms with Crippen LogP contribution in [0.4, 0.5) is 0 Å². The average Bonchev–Trinajstić information content (AvgIpc) is 2.39. The molecule has 2 rings (SSSR count). The van der Waals surface area contributed by atoms with Gasteiger partial charge in [-0.15, -0.1) is 0 Å². The standard InChI is InChI=1S/C17H21N/c1-17(2,18(3)4)16-13-9-8-12-15(16)14-10-6-5-7-11-14/h5-13H,1-4H3. The van der Waals surface area contributed by atoms with Crippen molar-refractivity contribution in [2.75, 3.05) is 14.1 Å². The smallest absolute Gasteiger partial charge is 0.0404 e. The van der Waals surface area contributed by atoms with E-state index in [2.05, 4.69) is 87.4 Å². The summed E-state index contributed by atoms with van der Waals surface area (Å²) >= 11 is 0. The van der Waals surface area contributed by atoms with Crippen LogP contribution in [0.2, 0.25) is 0 Å². The summed E-state index contributed by atoms with van der Waals surface area (Å²) in [6.45, 7) is 4.52. The quantitative estimate of drug-likeness (QED) is 0.777. The van der Waals surface area contributed by atoms with Gasteiger partial charge in [-0.3, -0.25) is 0 Å². The number of hydrogen-bond donors (Lipinski definition) is 0. The molecule has 0 atom stereocenters. The Labute approximate surface area is 110 Å². The zero-order valence-corrected chi connectivity index (χ0v) is 11.6. The van der Waals surface area contributed by atoms with E-state index in [4.69, 9.17) is 0 Å². The molecule has 0 amide bonds. The second-order valence-corrected chi connectivity index (χ2v) is 5.37. The first-order chi connectivity index (χ1) is 8.53. The first kappa shape index (κ1) is 12.8. The molecule has 0 aliphatic heterocycles. The van der Waals surface area contributed by atoms with E-state index in [9.17, 15) is 0 Å². The summed E-state index contributed by atoms with van der Waals surface area (Å²) in [5.74, 6) is 0. The van der Waals surface area contributed by atoms with Gasteiger partial charge in [0.25, 0.3) is 0 Å². The van der Waals surface area contributed by atoms with Crippen molar-refractivity contribution in [2.45, 2.75) is 19.4 Å². The van der Waals surface area contributed by atoms with E-state index in [-0.39, 0.29) is 5.54 Å². The Balaban J connectivity index is 2.57. The first-order valence-electron chi connectivity index (χ1n) is 6.36. The summed E-state index contributed by atoms with van der Waals surface area (Å²) in [6.07, 6.45) is 0. The summed E-state index contributed by atoms with van der Waals surface area (Å²) in [4.78, 5) is 2.26. The van der Waals surface area contributed by atoms with Gasteiger partial charge in [-0.05, 0) is 44.6 Å². The van der Waals surface area contributed by atoms with Gasteiger partial charge in [-0.2, -0.15) is 0 Å². The number of hydrogen-bond acceptors (Lipinski definition) is 1. The van der Waals surface area contributed by atoms with Crippen molar-refractivity contribution < 1.29 is 0 Å². The first-order valence-corrected chi connectivity index (χ1v) is 6.36. The van der Waals surface area contributed by atoms with Crippen LogP contribution in [0.1, 0.15) is 19.4 Å². The van der Waals surface area contributed by atoms with Crippen LogP contribution in [0, 0.1) is 0 Å². The lowest BCUT2D eigenvalue weighted by Gasteiger charge is -2.35. The topological polar surface area (TPSA) is 3.24 Å². The molecule has 0 aromatic heterocycles. The maximum atomic E-state index is 2.26. The van der Waals surface area contributed by atoms with Crippen LogP contribution in [-0.4, -0.2) is 19.0 Å². The summed E-state index contributed by atoms with van der Waals surface area (Å²) in [5.41, 5.74) is 3.98. The molecule has 0 spiro atoms. The van der Waals surface area contributed by atoms with Crippen molar-refractivity contribution in [3.63, 3.8) is 0 Å². The van der Waals surface area contributed by atoms with E-state index in [1.165, 1.54) is 16.7 Å². The largest absolute Gasteiger partial charge is 0.300 e. The fraction of sp³-hybridized carbons (Fsp3) is 0.294. The molecule has 2 aromatic rings. The minimum absolute atomic E-state index is 0.0203. The maximum absolute atomic E-state index is 2.26. The van der Waals surface area contributed by atoms with Crippen LogP contribution in [0.3, 0.4) is 0 Å². The molecule has 18 heavy (non-hydrogen) atoms. The van der Waals surface area contributed by atoms with Gasteiger partial charge in [0.05, 0.1) is 0 Å². The zero-order valence-electron chi connectivity index (χ0n) is 11.6. The molecule has 0 saturated heterocycles. The molecule has 0 fully saturated rings. The minimum Gasteiger partial charge on any atom is -0.300 e. The van der Waals surface area contributed by atoms with E-state index in [1.807, 2.05) is 0 Å². The SMILES string of the molecule is CN(C)C(C)(C)c1ccccc1-c1ccccc1. The molecule has 0 N–H and O–H groups in total. The van der Waals surface area contributed by atoms with Crippen molar-refractivity contribution >= 4 is 0 Å². The zero-order chi connectivity index (χ0) is 13.2. The highest BCUT2D eigenvalue weighted by atomic mass is 15.1. The molecule has 0 bridgehead atoms. The highest BCUT2D eigenvalue weighted by Crippen LogP contribution is 2.34. The monoisotopic (exact) mass is 239 g/mol. The molecule has 94 valence electrons. The van der Waals surface area contributed by atoms with Crippen LogP contribution >= 0.6 is 0 Å². The second kappa shape index (κ2) is 4.95. The summed E-state index contributed by atoms with van der Waals surface area (Å²) < 4.78 is 0. The Bertz CT molecular complexity index is 512. The fourth-order valence-electron chi connectivity index (χ4n) is 2.13. The Kier molecular flexibility index (Phi) is 3.53. The molecular weight excluding hydrogens is 218 g/mol. The van der Waals surface area contributed by atoms with Crippen LogP contribution in [0.5, 0.6) is 0 Å². The predicted molar refractivity (Wildman–Crippen MR) is 78.6 cm³/mol. The third-order valence-corrected chi connectivity index (χ3v) is 3.79. The van der Waals surface area contributed by atoms with Crippen LogP contribution in [0.25, 0.3) is 11.1 Å². The summed E-state index contributed by atoms with van der Waals surface area (Å²) in [7, 11) is 4.25. The normalized spacial score (nSPS) is 11.8. The molecule has 1 heteroatoms. The fourth-order valence-corrected chi connectivity index (χ4v) is 2.13. The Morgan fingerprint density at radius 3 is 1.94 bits per heavy atom. The van der Waals surface area contributed by atoms with Crippen molar-refractivity contribution in [1.29, 1.82) is 0 Å². The van der Waals surface area contributed by atoms with E-state index in [1.54, 1.807) is 0 Å². The highest BCUT2D eigenvalue weighted by Gasteiger charge is 2.25. The molecule has 0 saturated carbocycles. The second-order valence-electron chi connectivity index (χ2n) is 5.37. The average molecular weight is 239 g/mol. The Morgan fingerprint density at radius 2 is 1.33 bits per heavy atom. The van der Waals surface area contributed by atoms with Crippen molar-refractivity contribution in [3.05, 3.63) is 60.2 Å². The minimum atomic E-state index is 0.0203. The molecule has 0 unspecified atom stereocenters. The third kappa shape index (κ3) is 2.32. The van der Waals surface area contributed by atoms with Gasteiger partial charge < -0.3 is 4.90 Å². The molecule has 0 aliphatic rings. The van der Waals surface area contributed by atoms with Crippen molar-refractivity contribution in [2.24, 2.45) is 0 Å². The summed E-state index contributed by atoms with van der Waals surface area (Å²) in [5, 5.41) is 0. The highest BCUT2D eigenvalue weighted by molar-refractivity contribution is 5.68. The third-order valence-electron chi connectivity index (χ3n) is 3.79. The lowest BCUT2D eigenvalue weighted by atomic mass is 9.86. The van der Waals surface area contributed by atoms with Crippen LogP contribution in [-0.2, 0) is 5.54 Å². The number of benzene rings is 2. The molecule has 0 heterocycles. The Hall–Kier alpha value is -1.60. The molecule has 2 aromatic carbocycles. The number of rotatable bonds is 3. The number of nitrogens with zero attached hydrogens (tertiary/aromatic N) is 1. The van der Waals surface area contributed by atoms with E-state index < -0.39 is 0 Å². The van der Waals surface area contributed by atoms with Crippen molar-refractivity contribution in [3.8, 4) is 11.1 Å². The lowest BCUT2D eigenvalue weighted by molar-refractivity contribution is 0.198. The predicted octanol–water partition coefficient (Wildman–Crippen LogP) is 4.15. The van der Waals surface area contributed by atoms with Gasteiger partial charge in [-0.25, -0.2) is 0 Å². The lowest BCUT2D eigenvalue weighted by Crippen LogP contribution is -2.35. The molecule has 1 nitrogen and oxygen atoms in total. The van der Waals surface area contributed by atoms with E-state index in [0.717, 1.165) is 0 Å². The van der Waals surface area contributed by atoms with Gasteiger partial charge in [0, 0.05) is 5.54 Å². The van der Waals surface area contributed by atoms with Gasteiger partial charge >= 0.3 is 0 Å². The van der Waals surface area contributed by atoms with Gasteiger partial charge in [0.15, 0.2) is 0 Å². The van der Waals surface area contributed by atoms with Crippen LogP contribution in [0.15, 0.2) is 54.6 Å². The van der Waals surface area contributed by atoms with E-state index in [0.29, 0.717) is 0 Å². The maximum Gasteiger partial charge on any atom is 0.0404 e. The van der Waals surface area contributed by atoms with Gasteiger partial charge in [-0.1, -0.05) is 54.6 Å². The van der Waals surface area contributed by atoms with Crippen LogP contribution < -0.4 is 0 Å². The summed E-state index contributed by atoms with van der Waals surface area (Å²) in [6, 6.07) is 19.2. The Morgan fingerprint density at radius 1 is 0.778 bits per heavy atom. The molecule has 0 radical (unpaired) electrons. The van der Waals surface area contributed by atoms with Gasteiger partial charge in [0.1, 0.15) is 0 Å². The molecule has 0 aliphatic carbocycles. The van der Waals surface area contributed by atoms with Gasteiger partial charge in [0.2, 0.25) is 0 Å².